The van der Waals surface area contributed by atoms with E-state index < -0.39 is 10.0 Å². The molecule has 0 radical (unpaired) electrons. The lowest BCUT2D eigenvalue weighted by molar-refractivity contribution is 0.179. The number of nitrogens with zero attached hydrogens (tertiary/aromatic N) is 6. The third-order valence-corrected chi connectivity index (χ3v) is 6.72. The molecule has 1 atom stereocenters. The zero-order valence-corrected chi connectivity index (χ0v) is 14.6. The third-order valence-electron chi connectivity index (χ3n) is 4.86. The summed E-state index contributed by atoms with van der Waals surface area (Å²) in [4.78, 5) is 2.67. The molecule has 0 bridgehead atoms. The van der Waals surface area contributed by atoms with Crippen molar-refractivity contribution < 1.29 is 8.42 Å². The molecule has 2 aliphatic rings. The van der Waals surface area contributed by atoms with Crippen molar-refractivity contribution in [3.63, 3.8) is 0 Å². The summed E-state index contributed by atoms with van der Waals surface area (Å²) >= 11 is 0. The van der Waals surface area contributed by atoms with Crippen LogP contribution in [0.1, 0.15) is 6.42 Å². The fourth-order valence-electron chi connectivity index (χ4n) is 3.49. The molecule has 2 fully saturated rings. The van der Waals surface area contributed by atoms with Crippen LogP contribution in [0.5, 0.6) is 0 Å². The molecular weight excluding hydrogens is 342 g/mol. The minimum Gasteiger partial charge on any atom is -0.314 e. The summed E-state index contributed by atoms with van der Waals surface area (Å²) in [7, 11) is -3.51. The van der Waals surface area contributed by atoms with Crippen molar-refractivity contribution in [2.45, 2.75) is 17.4 Å². The van der Waals surface area contributed by atoms with Crippen LogP contribution in [-0.4, -0.2) is 83.1 Å². The van der Waals surface area contributed by atoms with Crippen LogP contribution in [0.2, 0.25) is 0 Å². The number of hydrogen-bond acceptors (Lipinski definition) is 7. The molecule has 1 aromatic heterocycles. The van der Waals surface area contributed by atoms with E-state index in [1.165, 1.54) is 11.0 Å². The van der Waals surface area contributed by atoms with Gasteiger partial charge in [0.15, 0.2) is 0 Å². The van der Waals surface area contributed by atoms with Crippen LogP contribution in [0, 0.1) is 0 Å². The average molecular weight is 363 g/mol. The van der Waals surface area contributed by atoms with Crippen molar-refractivity contribution in [1.82, 2.24) is 34.7 Å². The molecule has 2 aromatic rings. The van der Waals surface area contributed by atoms with Crippen LogP contribution in [-0.2, 0) is 10.0 Å². The highest BCUT2D eigenvalue weighted by Crippen LogP contribution is 2.25. The van der Waals surface area contributed by atoms with Crippen LogP contribution in [0.3, 0.4) is 0 Å². The molecule has 2 saturated heterocycles. The summed E-state index contributed by atoms with van der Waals surface area (Å²) in [6, 6.07) is 7.04. The Hall–Kier alpha value is -1.88. The van der Waals surface area contributed by atoms with Crippen LogP contribution < -0.4 is 5.32 Å². The molecule has 1 N–H and O–H groups in total. The first kappa shape index (κ1) is 16.6. The molecule has 2 aliphatic heterocycles. The van der Waals surface area contributed by atoms with Gasteiger partial charge in [-0.2, -0.15) is 4.31 Å². The Morgan fingerprint density at radius 2 is 2.00 bits per heavy atom. The third kappa shape index (κ3) is 3.30. The van der Waals surface area contributed by atoms with E-state index in [0.717, 1.165) is 32.6 Å². The molecule has 4 rings (SSSR count). The van der Waals surface area contributed by atoms with Crippen molar-refractivity contribution in [2.75, 3.05) is 39.3 Å². The Labute approximate surface area is 146 Å². The fraction of sp³-hybridized carbons (Fsp3) is 0.533. The maximum atomic E-state index is 13.0. The van der Waals surface area contributed by atoms with Gasteiger partial charge in [0.25, 0.3) is 0 Å². The monoisotopic (exact) mass is 363 g/mol. The first-order valence-electron chi connectivity index (χ1n) is 8.43. The number of nitrogens with one attached hydrogen (secondary N) is 1. The van der Waals surface area contributed by atoms with E-state index in [4.69, 9.17) is 0 Å². The molecule has 0 spiro atoms. The summed E-state index contributed by atoms with van der Waals surface area (Å²) < 4.78 is 29.1. The first-order chi connectivity index (χ1) is 12.1. The molecule has 10 heteroatoms. The van der Waals surface area contributed by atoms with Gasteiger partial charge in [-0.3, -0.25) is 4.90 Å². The minimum atomic E-state index is -3.51. The van der Waals surface area contributed by atoms with Crippen LogP contribution >= 0.6 is 0 Å². The van der Waals surface area contributed by atoms with Crippen LogP contribution in [0.25, 0.3) is 5.69 Å². The number of sulfonamides is 1. The van der Waals surface area contributed by atoms with Crippen molar-refractivity contribution in [3.8, 4) is 5.69 Å². The second kappa shape index (κ2) is 6.79. The molecule has 25 heavy (non-hydrogen) atoms. The summed E-state index contributed by atoms with van der Waals surface area (Å²) in [6.45, 7) is 5.01. The molecule has 1 aromatic carbocycles. The van der Waals surface area contributed by atoms with Gasteiger partial charge in [-0.1, -0.05) is 6.07 Å². The molecule has 3 heterocycles. The molecule has 134 valence electrons. The Bertz CT molecular complexity index is 818. The van der Waals surface area contributed by atoms with E-state index >= 15 is 0 Å². The van der Waals surface area contributed by atoms with E-state index in [1.54, 1.807) is 28.6 Å². The van der Waals surface area contributed by atoms with Crippen molar-refractivity contribution >= 4 is 10.0 Å². The van der Waals surface area contributed by atoms with E-state index in [0.29, 0.717) is 24.8 Å². The topological polar surface area (TPSA) is 96.2 Å². The van der Waals surface area contributed by atoms with Gasteiger partial charge in [-0.25, -0.2) is 13.1 Å². The standard InChI is InChI=1S/C15H21N7O2S/c23-25(24,15-3-1-2-13(10-15)22-12-17-18-19-22)21-7-4-14(11-21)20-8-5-16-6-9-20/h1-3,10,12,14,16H,4-9,11H2. The average Bonchev–Trinajstić information content (AvgIpc) is 3.35. The summed E-state index contributed by atoms with van der Waals surface area (Å²) in [6.07, 6.45) is 2.33. The molecular formula is C15H21N7O2S. The molecule has 0 amide bonds. The smallest absolute Gasteiger partial charge is 0.243 e. The largest absolute Gasteiger partial charge is 0.314 e. The zero-order valence-electron chi connectivity index (χ0n) is 13.8. The highest BCUT2D eigenvalue weighted by Gasteiger charge is 2.35. The Balaban J connectivity index is 1.53. The van der Waals surface area contributed by atoms with Crippen LogP contribution in [0.4, 0.5) is 0 Å². The van der Waals surface area contributed by atoms with Gasteiger partial charge in [-0.05, 0) is 35.0 Å². The molecule has 0 saturated carbocycles. The number of piperazine rings is 1. The van der Waals surface area contributed by atoms with Gasteiger partial charge in [0.05, 0.1) is 10.6 Å². The molecule has 9 nitrogen and oxygen atoms in total. The SMILES string of the molecule is O=S(=O)(c1cccc(-n2cnnn2)c1)N1CCC(N2CCNCC2)C1. The predicted octanol–water partition coefficient (Wildman–Crippen LogP) is -0.669. The second-order valence-electron chi connectivity index (χ2n) is 6.34. The van der Waals surface area contributed by atoms with E-state index in [1.807, 2.05) is 0 Å². The summed E-state index contributed by atoms with van der Waals surface area (Å²) in [5.41, 5.74) is 0.629. The Morgan fingerprint density at radius 3 is 2.76 bits per heavy atom. The normalized spacial score (nSPS) is 23.1. The summed E-state index contributed by atoms with van der Waals surface area (Å²) in [5.74, 6) is 0. The Kier molecular flexibility index (Phi) is 4.50. The number of benzene rings is 1. The maximum absolute atomic E-state index is 13.0. The number of tetrazole rings is 1. The minimum absolute atomic E-state index is 0.279. The van der Waals surface area contributed by atoms with Gasteiger partial charge in [0.1, 0.15) is 6.33 Å². The van der Waals surface area contributed by atoms with Gasteiger partial charge < -0.3 is 5.32 Å². The zero-order chi connectivity index (χ0) is 17.3. The number of hydrogen-bond donors (Lipinski definition) is 1. The van der Waals surface area contributed by atoms with Gasteiger partial charge in [0, 0.05) is 45.3 Å². The summed E-state index contributed by atoms with van der Waals surface area (Å²) in [5, 5.41) is 14.3. The lowest BCUT2D eigenvalue weighted by Crippen LogP contribution is -2.49. The highest BCUT2D eigenvalue weighted by atomic mass is 32.2. The lowest BCUT2D eigenvalue weighted by Gasteiger charge is -2.32. The van der Waals surface area contributed by atoms with Crippen molar-refractivity contribution in [3.05, 3.63) is 30.6 Å². The van der Waals surface area contributed by atoms with Crippen molar-refractivity contribution in [1.29, 1.82) is 0 Å². The highest BCUT2D eigenvalue weighted by molar-refractivity contribution is 7.89. The second-order valence-corrected chi connectivity index (χ2v) is 8.28. The lowest BCUT2D eigenvalue weighted by atomic mass is 10.2. The van der Waals surface area contributed by atoms with Gasteiger partial charge >= 0.3 is 0 Å². The van der Waals surface area contributed by atoms with E-state index in [9.17, 15) is 8.42 Å². The predicted molar refractivity (Wildman–Crippen MR) is 90.8 cm³/mol. The van der Waals surface area contributed by atoms with Gasteiger partial charge in [-0.15, -0.1) is 5.10 Å². The molecule has 1 unspecified atom stereocenters. The Morgan fingerprint density at radius 1 is 1.16 bits per heavy atom. The van der Waals surface area contributed by atoms with Gasteiger partial charge in [0.2, 0.25) is 10.0 Å². The molecule has 0 aliphatic carbocycles. The van der Waals surface area contributed by atoms with E-state index in [2.05, 4.69) is 25.7 Å². The maximum Gasteiger partial charge on any atom is 0.243 e. The van der Waals surface area contributed by atoms with Crippen LogP contribution in [0.15, 0.2) is 35.5 Å². The number of aromatic nitrogens is 4. The number of rotatable bonds is 4. The first-order valence-corrected chi connectivity index (χ1v) is 9.87. The quantitative estimate of drug-likeness (QED) is 0.770. The van der Waals surface area contributed by atoms with E-state index in [-0.39, 0.29) is 4.90 Å². The van der Waals surface area contributed by atoms with Crippen molar-refractivity contribution in [2.24, 2.45) is 0 Å². The fourth-order valence-corrected chi connectivity index (χ4v) is 5.02.